The monoisotopic (exact) mass is 556 g/mol. The number of benzene rings is 2. The lowest BCUT2D eigenvalue weighted by Gasteiger charge is -2.32. The summed E-state index contributed by atoms with van der Waals surface area (Å²) in [7, 11) is 0. The van der Waals surface area contributed by atoms with Gasteiger partial charge in [0.2, 0.25) is 5.91 Å². The maximum Gasteiger partial charge on any atom is 0.416 e. The van der Waals surface area contributed by atoms with Crippen molar-refractivity contribution in [3.8, 4) is 5.75 Å². The van der Waals surface area contributed by atoms with Gasteiger partial charge < -0.3 is 15.0 Å². The van der Waals surface area contributed by atoms with Crippen LogP contribution < -0.4 is 10.1 Å². The van der Waals surface area contributed by atoms with E-state index < -0.39 is 17.6 Å². The van der Waals surface area contributed by atoms with Gasteiger partial charge in [-0.1, -0.05) is 41.6 Å². The van der Waals surface area contributed by atoms with Crippen LogP contribution in [0.25, 0.3) is 0 Å². The first-order valence-corrected chi connectivity index (χ1v) is 13.3. The Morgan fingerprint density at radius 3 is 2.52 bits per heavy atom. The molecule has 0 spiro atoms. The Hall–Kier alpha value is -3.93. The molecule has 2 amide bonds. The highest BCUT2D eigenvalue weighted by molar-refractivity contribution is 5.94. The molecule has 2 aliphatic rings. The van der Waals surface area contributed by atoms with Crippen LogP contribution in [0.1, 0.15) is 46.9 Å². The molecule has 0 bridgehead atoms. The first kappa shape index (κ1) is 27.6. The van der Waals surface area contributed by atoms with E-state index in [0.29, 0.717) is 25.9 Å². The fraction of sp³-hybridized carbons (Fsp3) is 0.429. The number of halogens is 3. The summed E-state index contributed by atoms with van der Waals surface area (Å²) in [6, 6.07) is 15.2. The molecule has 2 aromatic carbocycles. The largest absolute Gasteiger partial charge is 0.490 e. The first-order valence-electron chi connectivity index (χ1n) is 13.3. The van der Waals surface area contributed by atoms with Crippen LogP contribution in [0.3, 0.4) is 0 Å². The summed E-state index contributed by atoms with van der Waals surface area (Å²) in [5.74, 6) is -0.562. The Morgan fingerprint density at radius 1 is 1.00 bits per heavy atom. The van der Waals surface area contributed by atoms with E-state index >= 15 is 0 Å². The highest BCUT2D eigenvalue weighted by Crippen LogP contribution is 2.32. The Morgan fingerprint density at radius 2 is 1.77 bits per heavy atom. The minimum atomic E-state index is -4.44. The Kier molecular flexibility index (Phi) is 8.34. The molecule has 1 unspecified atom stereocenters. The molecule has 1 atom stereocenters. The van der Waals surface area contributed by atoms with Crippen molar-refractivity contribution in [1.29, 1.82) is 0 Å². The number of carbonyl (C=O) groups is 2. The molecule has 2 fully saturated rings. The molecular formula is C28H31F3N6O3. The van der Waals surface area contributed by atoms with Crippen molar-refractivity contribution >= 4 is 11.8 Å². The number of aromatic nitrogens is 3. The van der Waals surface area contributed by atoms with Gasteiger partial charge in [0.25, 0.3) is 5.91 Å². The fourth-order valence-electron chi connectivity index (χ4n) is 5.09. The molecule has 1 N–H and O–H groups in total. The van der Waals surface area contributed by atoms with Crippen molar-refractivity contribution in [1.82, 2.24) is 30.1 Å². The molecule has 40 heavy (non-hydrogen) atoms. The van der Waals surface area contributed by atoms with E-state index in [9.17, 15) is 22.8 Å². The van der Waals surface area contributed by atoms with Gasteiger partial charge in [-0.25, -0.2) is 4.68 Å². The van der Waals surface area contributed by atoms with E-state index in [4.69, 9.17) is 4.74 Å². The van der Waals surface area contributed by atoms with Gasteiger partial charge in [-0.05, 0) is 30.2 Å². The van der Waals surface area contributed by atoms with E-state index in [1.54, 1.807) is 15.8 Å². The van der Waals surface area contributed by atoms with Gasteiger partial charge >= 0.3 is 6.18 Å². The molecular weight excluding hydrogens is 525 g/mol. The molecule has 2 aliphatic heterocycles. The number of carbonyl (C=O) groups excluding carboxylic acids is 2. The van der Waals surface area contributed by atoms with Gasteiger partial charge in [0.1, 0.15) is 11.9 Å². The van der Waals surface area contributed by atoms with Gasteiger partial charge in [-0.15, -0.1) is 5.10 Å². The van der Waals surface area contributed by atoms with Crippen molar-refractivity contribution in [2.45, 2.75) is 44.1 Å². The standard InChI is InChI=1S/C28H31F3N6O3/c29-28(30,31)21-7-4-8-24(15-21)40-23-10-13-36(14-11-23)26(38)16-32-27(39)25-19-37(34-33-25)22-9-12-35(18-22)17-20-5-2-1-3-6-20/h1-8,15,19,22-23H,9-14,16-18H2,(H,32,39). The smallest absolute Gasteiger partial charge is 0.416 e. The summed E-state index contributed by atoms with van der Waals surface area (Å²) in [4.78, 5) is 29.2. The Balaban J connectivity index is 1.04. The Labute approximate surface area is 229 Å². The van der Waals surface area contributed by atoms with Crippen LogP contribution >= 0.6 is 0 Å². The predicted molar refractivity (Wildman–Crippen MR) is 139 cm³/mol. The molecule has 5 rings (SSSR count). The van der Waals surface area contributed by atoms with Crippen LogP contribution in [0.15, 0.2) is 60.8 Å². The first-order chi connectivity index (χ1) is 19.2. The number of nitrogens with one attached hydrogen (secondary N) is 1. The van der Waals surface area contributed by atoms with Gasteiger partial charge in [0.15, 0.2) is 5.69 Å². The quantitative estimate of drug-likeness (QED) is 0.457. The van der Waals surface area contributed by atoms with Crippen LogP contribution in [0, 0.1) is 0 Å². The number of amides is 2. The van der Waals surface area contributed by atoms with Crippen LogP contribution in [0.2, 0.25) is 0 Å². The van der Waals surface area contributed by atoms with Crippen LogP contribution in [-0.2, 0) is 17.5 Å². The van der Waals surface area contributed by atoms with Gasteiger partial charge in [-0.3, -0.25) is 14.5 Å². The van der Waals surface area contributed by atoms with E-state index in [1.807, 2.05) is 18.2 Å². The Bertz CT molecular complexity index is 1310. The summed E-state index contributed by atoms with van der Waals surface area (Å²) in [5, 5.41) is 10.8. The number of ether oxygens (including phenoxy) is 1. The zero-order valence-electron chi connectivity index (χ0n) is 21.9. The van der Waals surface area contributed by atoms with E-state index in [1.165, 1.54) is 17.7 Å². The summed E-state index contributed by atoms with van der Waals surface area (Å²) < 4.78 is 46.3. The average molecular weight is 557 g/mol. The summed E-state index contributed by atoms with van der Waals surface area (Å²) in [6.45, 7) is 3.18. The van der Waals surface area contributed by atoms with Crippen LogP contribution in [-0.4, -0.2) is 75.4 Å². The second-order valence-corrected chi connectivity index (χ2v) is 10.2. The summed E-state index contributed by atoms with van der Waals surface area (Å²) >= 11 is 0. The lowest BCUT2D eigenvalue weighted by molar-refractivity contribution is -0.138. The molecule has 9 nitrogen and oxygen atoms in total. The second-order valence-electron chi connectivity index (χ2n) is 10.2. The average Bonchev–Trinajstić information content (AvgIpc) is 3.62. The van der Waals surface area contributed by atoms with Gasteiger partial charge in [-0.2, -0.15) is 13.2 Å². The van der Waals surface area contributed by atoms with Crippen molar-refractivity contribution < 1.29 is 27.5 Å². The number of likely N-dealkylation sites (tertiary alicyclic amines) is 2. The molecule has 212 valence electrons. The lowest BCUT2D eigenvalue weighted by Crippen LogP contribution is -2.46. The SMILES string of the molecule is O=C(NCC(=O)N1CCC(Oc2cccc(C(F)(F)F)c2)CC1)c1cn(C2CCN(Cc3ccccc3)C2)nn1. The van der Waals surface area contributed by atoms with Gasteiger partial charge in [0, 0.05) is 45.6 Å². The lowest BCUT2D eigenvalue weighted by atomic mass is 10.1. The van der Waals surface area contributed by atoms with Crippen molar-refractivity contribution in [2.24, 2.45) is 0 Å². The predicted octanol–water partition coefficient (Wildman–Crippen LogP) is 3.54. The number of nitrogens with zero attached hydrogens (tertiary/aromatic N) is 5. The highest BCUT2D eigenvalue weighted by Gasteiger charge is 2.31. The summed E-state index contributed by atoms with van der Waals surface area (Å²) in [5.41, 5.74) is 0.642. The molecule has 1 aromatic heterocycles. The number of hydrogen-bond acceptors (Lipinski definition) is 6. The van der Waals surface area contributed by atoms with E-state index in [2.05, 4.69) is 32.7 Å². The van der Waals surface area contributed by atoms with Crippen molar-refractivity contribution in [2.75, 3.05) is 32.7 Å². The molecule has 3 heterocycles. The minimum absolute atomic E-state index is 0.124. The molecule has 12 heteroatoms. The normalized spacial score (nSPS) is 18.6. The zero-order valence-corrected chi connectivity index (χ0v) is 21.9. The second kappa shape index (κ2) is 12.1. The molecule has 0 radical (unpaired) electrons. The summed E-state index contributed by atoms with van der Waals surface area (Å²) in [6.07, 6.45) is -1.25. The van der Waals surface area contributed by atoms with Crippen molar-refractivity contribution in [3.63, 3.8) is 0 Å². The third-order valence-corrected chi connectivity index (χ3v) is 7.27. The van der Waals surface area contributed by atoms with E-state index in [-0.39, 0.29) is 36.0 Å². The van der Waals surface area contributed by atoms with Crippen molar-refractivity contribution in [3.05, 3.63) is 77.6 Å². The molecule has 3 aromatic rings. The van der Waals surface area contributed by atoms with E-state index in [0.717, 1.165) is 38.2 Å². The molecule has 0 aliphatic carbocycles. The topological polar surface area (TPSA) is 92.6 Å². The highest BCUT2D eigenvalue weighted by atomic mass is 19.4. The van der Waals surface area contributed by atoms with Gasteiger partial charge in [0.05, 0.1) is 24.3 Å². The van der Waals surface area contributed by atoms with Crippen LogP contribution in [0.5, 0.6) is 5.75 Å². The number of rotatable bonds is 8. The number of hydrogen-bond donors (Lipinski definition) is 1. The third-order valence-electron chi connectivity index (χ3n) is 7.27. The number of piperidine rings is 1. The zero-order chi connectivity index (χ0) is 28.1. The maximum atomic E-state index is 12.9. The molecule has 0 saturated carbocycles. The molecule has 2 saturated heterocycles. The fourth-order valence-corrected chi connectivity index (χ4v) is 5.09. The van der Waals surface area contributed by atoms with Crippen LogP contribution in [0.4, 0.5) is 13.2 Å². The maximum absolute atomic E-state index is 12.9. The third kappa shape index (κ3) is 6.98. The minimum Gasteiger partial charge on any atom is -0.490 e. The number of alkyl halides is 3.